The topological polar surface area (TPSA) is 73.2 Å². The Morgan fingerprint density at radius 1 is 1.03 bits per heavy atom. The van der Waals surface area contributed by atoms with E-state index >= 15 is 0 Å². The molecule has 1 fully saturated rings. The van der Waals surface area contributed by atoms with Gasteiger partial charge in [-0.05, 0) is 23.8 Å². The summed E-state index contributed by atoms with van der Waals surface area (Å²) in [5, 5.41) is 2.53. The molecular formula is C23H21F2N3O3. The van der Waals surface area contributed by atoms with Crippen LogP contribution in [0.4, 0.5) is 14.6 Å². The molecule has 160 valence electrons. The largest absolute Gasteiger partial charge is 0.376 e. The Morgan fingerprint density at radius 3 is 2.39 bits per heavy atom. The number of aromatic nitrogens is 2. The Labute approximate surface area is 177 Å². The van der Waals surface area contributed by atoms with Crippen LogP contribution < -0.4 is 11.0 Å². The van der Waals surface area contributed by atoms with Crippen LogP contribution in [0.25, 0.3) is 0 Å². The fourth-order valence-electron chi connectivity index (χ4n) is 3.44. The number of carbonyl (C=O) groups excluding carboxylic acids is 1. The van der Waals surface area contributed by atoms with Crippen LogP contribution in [0, 0.1) is 11.8 Å². The Balaban J connectivity index is 1.33. The summed E-state index contributed by atoms with van der Waals surface area (Å²) in [6.07, 6.45) is 1.37. The number of nitrogens with zero attached hydrogens (tertiary/aromatic N) is 2. The third-order valence-electron chi connectivity index (χ3n) is 5.32. The fraction of sp³-hybridized carbons (Fsp3) is 0.261. The van der Waals surface area contributed by atoms with Gasteiger partial charge in [-0.25, -0.2) is 13.6 Å². The molecule has 0 bridgehead atoms. The van der Waals surface area contributed by atoms with Gasteiger partial charge >= 0.3 is 5.69 Å². The lowest BCUT2D eigenvalue weighted by atomic mass is 10.2. The lowest BCUT2D eigenvalue weighted by Gasteiger charge is -2.07. The number of nitrogens with one attached hydrogen (secondary N) is 1. The second kappa shape index (κ2) is 8.77. The molecular weight excluding hydrogens is 404 g/mol. The first-order chi connectivity index (χ1) is 14.9. The average Bonchev–Trinajstić information content (AvgIpc) is 3.29. The number of hydrogen-bond donors (Lipinski definition) is 1. The summed E-state index contributed by atoms with van der Waals surface area (Å²) in [5.74, 6) is -5.17. The maximum absolute atomic E-state index is 14.2. The molecule has 8 heteroatoms. The molecule has 31 heavy (non-hydrogen) atoms. The average molecular weight is 425 g/mol. The lowest BCUT2D eigenvalue weighted by molar-refractivity contribution is 0.0454. The minimum absolute atomic E-state index is 0.0698. The molecule has 1 aliphatic rings. The van der Waals surface area contributed by atoms with Crippen LogP contribution in [0.2, 0.25) is 0 Å². The van der Waals surface area contributed by atoms with E-state index < -0.39 is 29.4 Å². The maximum atomic E-state index is 14.2. The van der Waals surface area contributed by atoms with Crippen molar-refractivity contribution in [2.24, 2.45) is 11.8 Å². The van der Waals surface area contributed by atoms with Gasteiger partial charge in [0.25, 0.3) is 11.8 Å². The zero-order valence-electron chi connectivity index (χ0n) is 16.6. The third-order valence-corrected chi connectivity index (χ3v) is 5.32. The molecule has 3 aromatic rings. The molecule has 0 saturated heterocycles. The summed E-state index contributed by atoms with van der Waals surface area (Å²) in [7, 11) is 0. The first-order valence-corrected chi connectivity index (χ1v) is 9.88. The van der Waals surface area contributed by atoms with Gasteiger partial charge in [-0.2, -0.15) is 4.98 Å². The summed E-state index contributed by atoms with van der Waals surface area (Å²) in [6, 6.07) is 19.2. The summed E-state index contributed by atoms with van der Waals surface area (Å²) in [6.45, 7) is 0.0164. The standard InChI is InChI=1S/C23H21F2N3O3/c24-23(25)18(19(23)15-31-14-16-7-3-1-4-8-16)13-28-12-11-20(27-22(28)30)26-21(29)17-9-5-2-6-10-17/h1-12,18-19H,13-15H2,(H,26,27,29,30)/t18-,19+/m0/s1. The first-order valence-electron chi connectivity index (χ1n) is 9.88. The summed E-state index contributed by atoms with van der Waals surface area (Å²) in [5.41, 5.74) is 0.638. The fourth-order valence-corrected chi connectivity index (χ4v) is 3.44. The zero-order valence-corrected chi connectivity index (χ0v) is 16.6. The highest BCUT2D eigenvalue weighted by molar-refractivity contribution is 6.03. The molecule has 2 aromatic carbocycles. The minimum atomic E-state index is -2.89. The molecule has 4 rings (SSSR count). The number of ether oxygens (including phenoxy) is 1. The summed E-state index contributed by atoms with van der Waals surface area (Å²) < 4.78 is 34.9. The molecule has 0 unspecified atom stereocenters. The number of amides is 1. The highest BCUT2D eigenvalue weighted by Crippen LogP contribution is 2.56. The normalized spacial score (nSPS) is 19.0. The van der Waals surface area contributed by atoms with Crippen molar-refractivity contribution in [3.05, 3.63) is 94.5 Å². The summed E-state index contributed by atoms with van der Waals surface area (Å²) >= 11 is 0. The molecule has 2 atom stereocenters. The number of carbonyl (C=O) groups is 1. The quantitative estimate of drug-likeness (QED) is 0.599. The molecule has 0 aliphatic heterocycles. The molecule has 0 radical (unpaired) electrons. The maximum Gasteiger partial charge on any atom is 0.349 e. The predicted molar refractivity (Wildman–Crippen MR) is 111 cm³/mol. The van der Waals surface area contributed by atoms with Crippen LogP contribution in [0.1, 0.15) is 15.9 Å². The number of hydrogen-bond acceptors (Lipinski definition) is 4. The van der Waals surface area contributed by atoms with Crippen molar-refractivity contribution >= 4 is 11.7 Å². The number of benzene rings is 2. The van der Waals surface area contributed by atoms with Crippen molar-refractivity contribution in [1.82, 2.24) is 9.55 Å². The van der Waals surface area contributed by atoms with Gasteiger partial charge in [0.05, 0.1) is 25.0 Å². The molecule has 1 saturated carbocycles. The monoisotopic (exact) mass is 425 g/mol. The highest BCUT2D eigenvalue weighted by atomic mass is 19.3. The van der Waals surface area contributed by atoms with Gasteiger partial charge in [-0.3, -0.25) is 9.36 Å². The van der Waals surface area contributed by atoms with Crippen LogP contribution in [0.3, 0.4) is 0 Å². The Kier molecular flexibility index (Phi) is 5.90. The van der Waals surface area contributed by atoms with E-state index in [4.69, 9.17) is 4.74 Å². The molecule has 1 N–H and O–H groups in total. The van der Waals surface area contributed by atoms with Crippen molar-refractivity contribution in [2.45, 2.75) is 19.1 Å². The van der Waals surface area contributed by atoms with E-state index in [-0.39, 0.29) is 25.6 Å². The Bertz CT molecular complexity index is 1100. The molecule has 1 heterocycles. The van der Waals surface area contributed by atoms with Crippen molar-refractivity contribution in [3.8, 4) is 0 Å². The van der Waals surface area contributed by atoms with Crippen LogP contribution in [-0.2, 0) is 17.9 Å². The van der Waals surface area contributed by atoms with Crippen molar-refractivity contribution in [3.63, 3.8) is 0 Å². The van der Waals surface area contributed by atoms with E-state index in [0.717, 1.165) is 10.1 Å². The lowest BCUT2D eigenvalue weighted by Crippen LogP contribution is -2.26. The van der Waals surface area contributed by atoms with Crippen LogP contribution >= 0.6 is 0 Å². The Morgan fingerprint density at radius 2 is 1.71 bits per heavy atom. The Hall–Kier alpha value is -3.39. The smallest absolute Gasteiger partial charge is 0.349 e. The summed E-state index contributed by atoms with van der Waals surface area (Å²) in [4.78, 5) is 28.2. The van der Waals surface area contributed by atoms with Crippen molar-refractivity contribution < 1.29 is 18.3 Å². The number of halogens is 2. The van der Waals surface area contributed by atoms with Crippen LogP contribution in [-0.4, -0.2) is 28.0 Å². The van der Waals surface area contributed by atoms with Gasteiger partial charge in [-0.15, -0.1) is 0 Å². The van der Waals surface area contributed by atoms with E-state index in [0.29, 0.717) is 5.56 Å². The molecule has 6 nitrogen and oxygen atoms in total. The van der Waals surface area contributed by atoms with E-state index in [9.17, 15) is 18.4 Å². The molecule has 1 amide bonds. The number of anilines is 1. The van der Waals surface area contributed by atoms with Gasteiger partial charge in [0.1, 0.15) is 5.82 Å². The highest BCUT2D eigenvalue weighted by Gasteiger charge is 2.67. The number of alkyl halides is 2. The second-order valence-corrected chi connectivity index (χ2v) is 7.46. The predicted octanol–water partition coefficient (Wildman–Crippen LogP) is 3.59. The number of rotatable bonds is 8. The zero-order chi connectivity index (χ0) is 21.8. The van der Waals surface area contributed by atoms with Gasteiger partial charge < -0.3 is 10.1 Å². The van der Waals surface area contributed by atoms with Gasteiger partial charge in [0.2, 0.25) is 0 Å². The van der Waals surface area contributed by atoms with E-state index in [2.05, 4.69) is 10.3 Å². The third kappa shape index (κ3) is 4.86. The SMILES string of the molecule is O=C(Nc1ccn(C[C@H]2[C@@H](COCc3ccccc3)C2(F)F)c(=O)n1)c1ccccc1. The molecule has 1 aliphatic carbocycles. The van der Waals surface area contributed by atoms with Crippen molar-refractivity contribution in [1.29, 1.82) is 0 Å². The van der Waals surface area contributed by atoms with E-state index in [1.165, 1.54) is 12.3 Å². The van der Waals surface area contributed by atoms with Crippen molar-refractivity contribution in [2.75, 3.05) is 11.9 Å². The van der Waals surface area contributed by atoms with E-state index in [1.54, 1.807) is 30.3 Å². The minimum Gasteiger partial charge on any atom is -0.376 e. The van der Waals surface area contributed by atoms with Crippen LogP contribution in [0.15, 0.2) is 77.7 Å². The van der Waals surface area contributed by atoms with Gasteiger partial charge in [0.15, 0.2) is 0 Å². The van der Waals surface area contributed by atoms with Gasteiger partial charge in [-0.1, -0.05) is 48.5 Å². The van der Waals surface area contributed by atoms with E-state index in [1.807, 2.05) is 30.3 Å². The van der Waals surface area contributed by atoms with Crippen LogP contribution in [0.5, 0.6) is 0 Å². The second-order valence-electron chi connectivity index (χ2n) is 7.46. The molecule has 1 aromatic heterocycles. The van der Waals surface area contributed by atoms with Gasteiger partial charge in [0, 0.05) is 18.3 Å². The molecule has 0 spiro atoms. The first kappa shape index (κ1) is 20.9.